The maximum Gasteiger partial charge on any atom is 0.433 e. The normalized spacial score (nSPS) is 11.4. The molecule has 0 spiro atoms. The number of pyridine rings is 1. The van der Waals surface area contributed by atoms with E-state index in [0.29, 0.717) is 11.3 Å². The summed E-state index contributed by atoms with van der Waals surface area (Å²) in [4.78, 5) is 11.4. The van der Waals surface area contributed by atoms with Crippen LogP contribution in [0.1, 0.15) is 11.4 Å². The predicted octanol–water partition coefficient (Wildman–Crippen LogP) is 2.91. The first-order valence-corrected chi connectivity index (χ1v) is 5.47. The minimum atomic E-state index is -4.51. The SMILES string of the molecule is CNc1nc(-c2ccnc(C)c2)cc(C(F)(F)F)n1. The Hall–Kier alpha value is -2.18. The average molecular weight is 268 g/mol. The van der Waals surface area contributed by atoms with Crippen LogP contribution >= 0.6 is 0 Å². The Morgan fingerprint density at radius 3 is 2.47 bits per heavy atom. The van der Waals surface area contributed by atoms with E-state index in [2.05, 4.69) is 20.3 Å². The van der Waals surface area contributed by atoms with Gasteiger partial charge in [-0.05, 0) is 25.1 Å². The monoisotopic (exact) mass is 268 g/mol. The summed E-state index contributed by atoms with van der Waals surface area (Å²) in [6, 6.07) is 4.20. The van der Waals surface area contributed by atoms with Crippen molar-refractivity contribution >= 4 is 5.95 Å². The number of rotatable bonds is 2. The molecule has 0 radical (unpaired) electrons. The van der Waals surface area contributed by atoms with Gasteiger partial charge in [0, 0.05) is 24.5 Å². The minimum absolute atomic E-state index is 0.0701. The van der Waals surface area contributed by atoms with Crippen LogP contribution in [0, 0.1) is 6.92 Å². The van der Waals surface area contributed by atoms with Gasteiger partial charge in [0.2, 0.25) is 5.95 Å². The van der Waals surface area contributed by atoms with Crippen molar-refractivity contribution in [3.63, 3.8) is 0 Å². The van der Waals surface area contributed by atoms with E-state index >= 15 is 0 Å². The fourth-order valence-electron chi connectivity index (χ4n) is 1.56. The standard InChI is InChI=1S/C12H11F3N4/c1-7-5-8(3-4-17-7)9-6-10(12(13,14)15)19-11(16-2)18-9/h3-6H,1-2H3,(H,16,18,19). The van der Waals surface area contributed by atoms with Crippen molar-refractivity contribution in [3.8, 4) is 11.3 Å². The van der Waals surface area contributed by atoms with Crippen LogP contribution < -0.4 is 5.32 Å². The van der Waals surface area contributed by atoms with Crippen molar-refractivity contribution in [2.45, 2.75) is 13.1 Å². The van der Waals surface area contributed by atoms with Crippen molar-refractivity contribution in [1.82, 2.24) is 15.0 Å². The molecule has 4 nitrogen and oxygen atoms in total. The highest BCUT2D eigenvalue weighted by molar-refractivity contribution is 5.61. The summed E-state index contributed by atoms with van der Waals surface area (Å²) in [5, 5.41) is 2.53. The highest BCUT2D eigenvalue weighted by Gasteiger charge is 2.33. The molecule has 0 aliphatic carbocycles. The number of halogens is 3. The Morgan fingerprint density at radius 2 is 1.89 bits per heavy atom. The van der Waals surface area contributed by atoms with E-state index < -0.39 is 11.9 Å². The van der Waals surface area contributed by atoms with Gasteiger partial charge in [0.1, 0.15) is 0 Å². The number of hydrogen-bond donors (Lipinski definition) is 1. The second kappa shape index (κ2) is 4.83. The van der Waals surface area contributed by atoms with E-state index in [9.17, 15) is 13.2 Å². The molecule has 0 aromatic carbocycles. The summed E-state index contributed by atoms with van der Waals surface area (Å²) in [6.07, 6.45) is -2.98. The van der Waals surface area contributed by atoms with Crippen molar-refractivity contribution in [2.24, 2.45) is 0 Å². The van der Waals surface area contributed by atoms with Gasteiger partial charge in [0.15, 0.2) is 5.69 Å². The molecule has 7 heteroatoms. The second-order valence-electron chi connectivity index (χ2n) is 3.90. The molecular weight excluding hydrogens is 257 g/mol. The van der Waals surface area contributed by atoms with Crippen molar-refractivity contribution < 1.29 is 13.2 Å². The number of nitrogens with zero attached hydrogens (tertiary/aromatic N) is 3. The largest absolute Gasteiger partial charge is 0.433 e. The number of anilines is 1. The van der Waals surface area contributed by atoms with Crippen LogP contribution in [0.5, 0.6) is 0 Å². The molecule has 19 heavy (non-hydrogen) atoms. The van der Waals surface area contributed by atoms with Gasteiger partial charge < -0.3 is 5.32 Å². The Morgan fingerprint density at radius 1 is 1.16 bits per heavy atom. The Kier molecular flexibility index (Phi) is 3.37. The fourth-order valence-corrected chi connectivity index (χ4v) is 1.56. The molecule has 2 heterocycles. The Bertz CT molecular complexity index is 596. The van der Waals surface area contributed by atoms with Crippen LogP contribution in [-0.2, 0) is 6.18 Å². The van der Waals surface area contributed by atoms with Crippen molar-refractivity contribution in [2.75, 3.05) is 12.4 Å². The molecule has 100 valence electrons. The summed E-state index contributed by atoms with van der Waals surface area (Å²) in [5.74, 6) is -0.0701. The number of nitrogens with one attached hydrogen (secondary N) is 1. The lowest BCUT2D eigenvalue weighted by atomic mass is 10.1. The Balaban J connectivity index is 2.57. The molecule has 0 unspecified atom stereocenters. The first kappa shape index (κ1) is 13.3. The van der Waals surface area contributed by atoms with E-state index in [-0.39, 0.29) is 11.6 Å². The molecule has 0 aliphatic rings. The van der Waals surface area contributed by atoms with Gasteiger partial charge in [-0.1, -0.05) is 0 Å². The smallest absolute Gasteiger partial charge is 0.357 e. The molecule has 0 amide bonds. The van der Waals surface area contributed by atoms with Gasteiger partial charge in [-0.3, -0.25) is 4.98 Å². The predicted molar refractivity (Wildman–Crippen MR) is 64.5 cm³/mol. The number of aromatic nitrogens is 3. The molecular formula is C12H11F3N4. The number of aryl methyl sites for hydroxylation is 1. The lowest BCUT2D eigenvalue weighted by molar-refractivity contribution is -0.141. The van der Waals surface area contributed by atoms with Gasteiger partial charge >= 0.3 is 6.18 Å². The van der Waals surface area contributed by atoms with Gasteiger partial charge in [-0.25, -0.2) is 9.97 Å². The average Bonchev–Trinajstić information content (AvgIpc) is 2.37. The second-order valence-corrected chi connectivity index (χ2v) is 3.90. The third-order valence-corrected chi connectivity index (χ3v) is 2.43. The maximum absolute atomic E-state index is 12.7. The lowest BCUT2D eigenvalue weighted by Crippen LogP contribution is -2.11. The lowest BCUT2D eigenvalue weighted by Gasteiger charge is -2.10. The van der Waals surface area contributed by atoms with Gasteiger partial charge in [0.25, 0.3) is 0 Å². The first-order chi connectivity index (χ1) is 8.90. The molecule has 0 fully saturated rings. The minimum Gasteiger partial charge on any atom is -0.357 e. The highest BCUT2D eigenvalue weighted by Crippen LogP contribution is 2.31. The highest BCUT2D eigenvalue weighted by atomic mass is 19.4. The first-order valence-electron chi connectivity index (χ1n) is 5.47. The summed E-state index contributed by atoms with van der Waals surface area (Å²) >= 11 is 0. The maximum atomic E-state index is 12.7. The van der Waals surface area contributed by atoms with Crippen LogP contribution in [0.2, 0.25) is 0 Å². The topological polar surface area (TPSA) is 50.7 Å². The van der Waals surface area contributed by atoms with E-state index in [1.54, 1.807) is 19.1 Å². The third kappa shape index (κ3) is 2.98. The molecule has 2 aromatic rings. The molecule has 0 saturated heterocycles. The summed E-state index contributed by atoms with van der Waals surface area (Å²) < 4.78 is 38.2. The van der Waals surface area contributed by atoms with Crippen LogP contribution in [0.15, 0.2) is 24.4 Å². The van der Waals surface area contributed by atoms with Gasteiger partial charge in [-0.2, -0.15) is 13.2 Å². The molecule has 2 aromatic heterocycles. The zero-order valence-corrected chi connectivity index (χ0v) is 10.3. The summed E-state index contributed by atoms with van der Waals surface area (Å²) in [5.41, 5.74) is 0.501. The summed E-state index contributed by atoms with van der Waals surface area (Å²) in [6.45, 7) is 1.76. The molecule has 1 N–H and O–H groups in total. The fraction of sp³-hybridized carbons (Fsp3) is 0.250. The van der Waals surface area contributed by atoms with Crippen LogP contribution in [0.25, 0.3) is 11.3 Å². The zero-order chi connectivity index (χ0) is 14.0. The van der Waals surface area contributed by atoms with E-state index in [1.807, 2.05) is 0 Å². The molecule has 0 atom stereocenters. The van der Waals surface area contributed by atoms with E-state index in [0.717, 1.165) is 6.07 Å². The molecule has 0 bridgehead atoms. The Labute approximate surface area is 107 Å². The molecule has 2 rings (SSSR count). The quantitative estimate of drug-likeness (QED) is 0.909. The number of alkyl halides is 3. The van der Waals surface area contributed by atoms with Gasteiger partial charge in [0.05, 0.1) is 5.69 Å². The van der Waals surface area contributed by atoms with Crippen LogP contribution in [0.4, 0.5) is 19.1 Å². The van der Waals surface area contributed by atoms with Crippen LogP contribution in [-0.4, -0.2) is 22.0 Å². The van der Waals surface area contributed by atoms with Crippen molar-refractivity contribution in [3.05, 3.63) is 35.8 Å². The third-order valence-electron chi connectivity index (χ3n) is 2.43. The van der Waals surface area contributed by atoms with Crippen LogP contribution in [0.3, 0.4) is 0 Å². The van der Waals surface area contributed by atoms with Gasteiger partial charge in [-0.15, -0.1) is 0 Å². The van der Waals surface area contributed by atoms with E-state index in [1.165, 1.54) is 13.2 Å². The van der Waals surface area contributed by atoms with E-state index in [4.69, 9.17) is 0 Å². The number of hydrogen-bond acceptors (Lipinski definition) is 4. The van der Waals surface area contributed by atoms with Crippen molar-refractivity contribution in [1.29, 1.82) is 0 Å². The molecule has 0 aliphatic heterocycles. The zero-order valence-electron chi connectivity index (χ0n) is 10.3. The summed E-state index contributed by atoms with van der Waals surface area (Å²) in [7, 11) is 1.47. The molecule has 0 saturated carbocycles.